The van der Waals surface area contributed by atoms with Gasteiger partial charge in [0.2, 0.25) is 0 Å². The number of aliphatic hydroxyl groups is 1. The fraction of sp³-hybridized carbons (Fsp3) is 0.143. The van der Waals surface area contributed by atoms with Crippen LogP contribution in [0.4, 0.5) is 14.5 Å². The number of hydrogen-bond donors (Lipinski definition) is 2. The van der Waals surface area contributed by atoms with Crippen LogP contribution in [-0.4, -0.2) is 11.7 Å². The van der Waals surface area contributed by atoms with Crippen molar-refractivity contribution in [2.45, 2.75) is 6.10 Å². The molecule has 0 aliphatic rings. The normalized spacial score (nSPS) is 12.2. The van der Waals surface area contributed by atoms with E-state index in [1.807, 2.05) is 0 Å². The van der Waals surface area contributed by atoms with Crippen molar-refractivity contribution in [3.05, 3.63) is 63.6 Å². The average molecular weight is 318 g/mol. The Kier molecular flexibility index (Phi) is 4.81. The number of rotatable bonds is 4. The molecule has 0 saturated carbocycles. The van der Waals surface area contributed by atoms with Crippen LogP contribution in [0.5, 0.6) is 0 Å². The fourth-order valence-electron chi connectivity index (χ4n) is 1.71. The van der Waals surface area contributed by atoms with Gasteiger partial charge in [0, 0.05) is 17.6 Å². The summed E-state index contributed by atoms with van der Waals surface area (Å²) in [7, 11) is 0. The first-order chi connectivity index (χ1) is 9.47. The molecule has 0 aliphatic carbocycles. The number of anilines is 1. The molecule has 0 heterocycles. The Balaban J connectivity index is 2.07. The quantitative estimate of drug-likeness (QED) is 0.875. The number of aliphatic hydroxyl groups excluding tert-OH is 1. The average Bonchev–Trinajstić information content (AvgIpc) is 2.38. The molecule has 1 unspecified atom stereocenters. The number of halogens is 4. The first-order valence-corrected chi connectivity index (χ1v) is 6.55. The van der Waals surface area contributed by atoms with Gasteiger partial charge in [-0.15, -0.1) is 0 Å². The van der Waals surface area contributed by atoms with Crippen LogP contribution in [0.25, 0.3) is 0 Å². The summed E-state index contributed by atoms with van der Waals surface area (Å²) < 4.78 is 26.4. The number of nitrogens with one attached hydrogen (secondary N) is 1. The minimum atomic E-state index is -0.868. The lowest BCUT2D eigenvalue weighted by atomic mass is 10.1. The van der Waals surface area contributed by atoms with Crippen LogP contribution in [-0.2, 0) is 0 Å². The molecule has 0 aliphatic heterocycles. The highest BCUT2D eigenvalue weighted by molar-refractivity contribution is 6.33. The minimum absolute atomic E-state index is 0.0317. The molecule has 20 heavy (non-hydrogen) atoms. The lowest BCUT2D eigenvalue weighted by Gasteiger charge is -2.14. The van der Waals surface area contributed by atoms with Gasteiger partial charge in [0.05, 0.1) is 16.8 Å². The highest BCUT2D eigenvalue weighted by Crippen LogP contribution is 2.27. The molecule has 2 nitrogen and oxygen atoms in total. The van der Waals surface area contributed by atoms with Crippen molar-refractivity contribution in [3.63, 3.8) is 0 Å². The molecule has 0 aromatic heterocycles. The molecule has 2 rings (SSSR count). The zero-order chi connectivity index (χ0) is 14.7. The zero-order valence-corrected chi connectivity index (χ0v) is 11.7. The van der Waals surface area contributed by atoms with Crippen molar-refractivity contribution in [1.82, 2.24) is 0 Å². The van der Waals surface area contributed by atoms with E-state index < -0.39 is 17.7 Å². The Morgan fingerprint density at radius 2 is 1.75 bits per heavy atom. The fourth-order valence-corrected chi connectivity index (χ4v) is 2.10. The Labute approximate surface area is 125 Å². The first-order valence-electron chi connectivity index (χ1n) is 5.79. The maximum atomic E-state index is 13.5. The van der Waals surface area contributed by atoms with Gasteiger partial charge in [-0.05, 0) is 23.8 Å². The molecule has 2 aromatic carbocycles. The van der Waals surface area contributed by atoms with Crippen molar-refractivity contribution in [3.8, 4) is 0 Å². The van der Waals surface area contributed by atoms with Gasteiger partial charge in [0.15, 0.2) is 5.82 Å². The van der Waals surface area contributed by atoms with Crippen molar-refractivity contribution in [1.29, 1.82) is 0 Å². The molecule has 0 amide bonds. The summed E-state index contributed by atoms with van der Waals surface area (Å²) in [5.74, 6) is -1.56. The second kappa shape index (κ2) is 6.39. The summed E-state index contributed by atoms with van der Waals surface area (Å²) in [6, 6.07) is 8.34. The molecule has 0 fully saturated rings. The molecule has 6 heteroatoms. The SMILES string of the molecule is OC(CNc1c(F)cc(F)cc1Cl)c1ccc(Cl)cc1. The second-order valence-electron chi connectivity index (χ2n) is 4.19. The van der Waals surface area contributed by atoms with Crippen LogP contribution in [0.1, 0.15) is 11.7 Å². The van der Waals surface area contributed by atoms with E-state index >= 15 is 0 Å². The Hall–Kier alpha value is -1.36. The molecular weight excluding hydrogens is 307 g/mol. The summed E-state index contributed by atoms with van der Waals surface area (Å²) in [4.78, 5) is 0. The summed E-state index contributed by atoms with van der Waals surface area (Å²) in [5.41, 5.74) is 0.585. The van der Waals surface area contributed by atoms with Gasteiger partial charge in [0.25, 0.3) is 0 Å². The van der Waals surface area contributed by atoms with Crippen LogP contribution in [0.15, 0.2) is 36.4 Å². The zero-order valence-electron chi connectivity index (χ0n) is 10.2. The van der Waals surface area contributed by atoms with Crippen molar-refractivity contribution in [2.24, 2.45) is 0 Å². The van der Waals surface area contributed by atoms with Crippen LogP contribution in [0, 0.1) is 11.6 Å². The maximum absolute atomic E-state index is 13.5. The highest BCUT2D eigenvalue weighted by Gasteiger charge is 2.12. The third-order valence-electron chi connectivity index (χ3n) is 2.73. The van der Waals surface area contributed by atoms with E-state index in [0.717, 1.165) is 12.1 Å². The van der Waals surface area contributed by atoms with E-state index in [4.69, 9.17) is 23.2 Å². The Morgan fingerprint density at radius 3 is 2.35 bits per heavy atom. The molecule has 106 valence electrons. The minimum Gasteiger partial charge on any atom is -0.387 e. The molecule has 1 atom stereocenters. The van der Waals surface area contributed by atoms with Crippen LogP contribution in [0.3, 0.4) is 0 Å². The second-order valence-corrected chi connectivity index (χ2v) is 5.04. The maximum Gasteiger partial charge on any atom is 0.150 e. The highest BCUT2D eigenvalue weighted by atomic mass is 35.5. The number of benzene rings is 2. The third kappa shape index (κ3) is 3.60. The molecular formula is C14H11Cl2F2NO. The molecule has 0 saturated heterocycles. The summed E-state index contributed by atoms with van der Waals surface area (Å²) in [5, 5.41) is 13.1. The predicted octanol–water partition coefficient (Wildman–Crippen LogP) is 4.42. The molecule has 0 bridgehead atoms. The van der Waals surface area contributed by atoms with Gasteiger partial charge in [-0.2, -0.15) is 0 Å². The molecule has 0 spiro atoms. The van der Waals surface area contributed by atoms with Crippen molar-refractivity contribution < 1.29 is 13.9 Å². The molecule has 2 N–H and O–H groups in total. The van der Waals surface area contributed by atoms with E-state index in [1.165, 1.54) is 0 Å². The van der Waals surface area contributed by atoms with E-state index in [1.54, 1.807) is 24.3 Å². The van der Waals surface area contributed by atoms with Gasteiger partial charge in [0.1, 0.15) is 5.82 Å². The Bertz CT molecular complexity index is 582. The van der Waals surface area contributed by atoms with Gasteiger partial charge in [-0.1, -0.05) is 35.3 Å². The predicted molar refractivity (Wildman–Crippen MR) is 76.3 cm³/mol. The first kappa shape index (κ1) is 15.0. The lowest BCUT2D eigenvalue weighted by molar-refractivity contribution is 0.191. The monoisotopic (exact) mass is 317 g/mol. The van der Waals surface area contributed by atoms with Gasteiger partial charge < -0.3 is 10.4 Å². The lowest BCUT2D eigenvalue weighted by Crippen LogP contribution is -2.13. The van der Waals surface area contributed by atoms with Gasteiger partial charge in [-0.3, -0.25) is 0 Å². The Morgan fingerprint density at radius 1 is 1.10 bits per heavy atom. The third-order valence-corrected chi connectivity index (χ3v) is 3.28. The number of hydrogen-bond acceptors (Lipinski definition) is 2. The van der Waals surface area contributed by atoms with Gasteiger partial charge >= 0.3 is 0 Å². The van der Waals surface area contributed by atoms with Crippen molar-refractivity contribution in [2.75, 3.05) is 11.9 Å². The van der Waals surface area contributed by atoms with E-state index in [2.05, 4.69) is 5.32 Å². The topological polar surface area (TPSA) is 32.3 Å². The summed E-state index contributed by atoms with van der Waals surface area (Å²) in [6.07, 6.45) is -0.868. The van der Waals surface area contributed by atoms with E-state index in [-0.39, 0.29) is 17.3 Å². The smallest absolute Gasteiger partial charge is 0.150 e. The largest absolute Gasteiger partial charge is 0.387 e. The van der Waals surface area contributed by atoms with E-state index in [9.17, 15) is 13.9 Å². The standard InChI is InChI=1S/C14H11Cl2F2NO/c15-9-3-1-8(2-4-9)13(20)7-19-14-11(16)5-10(17)6-12(14)18/h1-6,13,19-20H,7H2. The summed E-state index contributed by atoms with van der Waals surface area (Å²) in [6.45, 7) is 0.0317. The van der Waals surface area contributed by atoms with Crippen LogP contribution >= 0.6 is 23.2 Å². The molecule has 2 aromatic rings. The van der Waals surface area contributed by atoms with E-state index in [0.29, 0.717) is 10.6 Å². The van der Waals surface area contributed by atoms with Crippen LogP contribution in [0.2, 0.25) is 10.0 Å². The van der Waals surface area contributed by atoms with Crippen LogP contribution < -0.4 is 5.32 Å². The van der Waals surface area contributed by atoms with Crippen molar-refractivity contribution >= 4 is 28.9 Å². The molecule has 0 radical (unpaired) electrons. The van der Waals surface area contributed by atoms with Gasteiger partial charge in [-0.25, -0.2) is 8.78 Å². The summed E-state index contributed by atoms with van der Waals surface area (Å²) >= 11 is 11.5.